The average Bonchev–Trinajstić information content (AvgIpc) is 3.22. The van der Waals surface area contributed by atoms with Gasteiger partial charge in [-0.1, -0.05) is 0 Å². The molecular formula is C11H20N2O4+2. The summed E-state index contributed by atoms with van der Waals surface area (Å²) in [4.78, 5) is 24.9. The molecule has 0 aromatic heterocycles. The molecule has 0 aliphatic carbocycles. The van der Waals surface area contributed by atoms with Gasteiger partial charge in [0, 0.05) is 6.42 Å². The van der Waals surface area contributed by atoms with Crippen LogP contribution in [0.1, 0.15) is 6.42 Å². The van der Waals surface area contributed by atoms with Crippen molar-refractivity contribution in [2.24, 2.45) is 0 Å². The van der Waals surface area contributed by atoms with Gasteiger partial charge in [0.05, 0.1) is 27.3 Å². The molecule has 4 atom stereocenters. The Morgan fingerprint density at radius 3 is 1.76 bits per heavy atom. The first kappa shape index (κ1) is 12.3. The smallest absolute Gasteiger partial charge is 0.370 e. The molecule has 0 radical (unpaired) electrons. The molecule has 2 fully saturated rings. The Balaban J connectivity index is 1.54. The first-order chi connectivity index (χ1) is 8.17. The van der Waals surface area contributed by atoms with Gasteiger partial charge < -0.3 is 19.3 Å². The topological polar surface area (TPSA) is 61.5 Å². The van der Waals surface area contributed by atoms with E-state index in [1.54, 1.807) is 0 Å². The molecule has 0 spiro atoms. The van der Waals surface area contributed by atoms with E-state index < -0.39 is 0 Å². The standard InChI is InChI=1S/C11H18N2O4/c1-16-10(14)8-6-12(8)4-3-5-13-7-9(13)11(15)17-2/h8-9H,3-7H2,1-2H3/p+2/t8-,9+,12?,13?. The second kappa shape index (κ2) is 5.01. The molecular weight excluding hydrogens is 224 g/mol. The number of methoxy groups -OCH3 is 2. The molecule has 2 unspecified atom stereocenters. The minimum atomic E-state index is -0.105. The third-order valence-corrected chi connectivity index (χ3v) is 3.57. The zero-order valence-corrected chi connectivity index (χ0v) is 10.3. The predicted octanol–water partition coefficient (Wildman–Crippen LogP) is -3.74. The zero-order chi connectivity index (χ0) is 12.4. The molecule has 0 amide bonds. The summed E-state index contributed by atoms with van der Waals surface area (Å²) in [6.45, 7) is 3.75. The van der Waals surface area contributed by atoms with Crippen molar-refractivity contribution in [3.63, 3.8) is 0 Å². The summed E-state index contributed by atoms with van der Waals surface area (Å²) >= 11 is 0. The van der Waals surface area contributed by atoms with E-state index in [9.17, 15) is 9.59 Å². The van der Waals surface area contributed by atoms with Crippen LogP contribution in [0.25, 0.3) is 0 Å². The van der Waals surface area contributed by atoms with E-state index in [2.05, 4.69) is 9.47 Å². The average molecular weight is 244 g/mol. The van der Waals surface area contributed by atoms with Crippen molar-refractivity contribution < 1.29 is 28.9 Å². The summed E-state index contributed by atoms with van der Waals surface area (Å²) in [6, 6.07) is 0.112. The third-order valence-electron chi connectivity index (χ3n) is 3.57. The highest BCUT2D eigenvalue weighted by atomic mass is 16.5. The molecule has 2 aliphatic heterocycles. The molecule has 2 rings (SSSR count). The molecule has 17 heavy (non-hydrogen) atoms. The van der Waals surface area contributed by atoms with E-state index in [0.29, 0.717) is 0 Å². The molecule has 2 N–H and O–H groups in total. The van der Waals surface area contributed by atoms with Gasteiger partial charge in [-0.2, -0.15) is 0 Å². The van der Waals surface area contributed by atoms with Gasteiger partial charge >= 0.3 is 11.9 Å². The molecule has 96 valence electrons. The Morgan fingerprint density at radius 2 is 1.41 bits per heavy atom. The monoisotopic (exact) mass is 244 g/mol. The molecule has 2 aliphatic rings. The highest BCUT2D eigenvalue weighted by molar-refractivity contribution is 5.76. The number of rotatable bonds is 6. The SMILES string of the molecule is COC(=O)[C@H]1C[NH+]1CCC[NH+]1C[C@H]1C(=O)OC. The largest absolute Gasteiger partial charge is 0.464 e. The first-order valence-electron chi connectivity index (χ1n) is 6.02. The number of carbonyl (C=O) groups is 2. The maximum Gasteiger partial charge on any atom is 0.370 e. The maximum absolute atomic E-state index is 11.2. The molecule has 2 heterocycles. The number of carbonyl (C=O) groups excluding carboxylic acids is 2. The predicted molar refractivity (Wildman–Crippen MR) is 57.6 cm³/mol. The third kappa shape index (κ3) is 2.95. The molecule has 0 bridgehead atoms. The van der Waals surface area contributed by atoms with Crippen molar-refractivity contribution in [3.05, 3.63) is 0 Å². The molecule has 0 saturated carbocycles. The summed E-state index contributed by atoms with van der Waals surface area (Å²) in [7, 11) is 2.86. The summed E-state index contributed by atoms with van der Waals surface area (Å²) in [5.41, 5.74) is 0. The van der Waals surface area contributed by atoms with Crippen molar-refractivity contribution in [3.8, 4) is 0 Å². The lowest BCUT2D eigenvalue weighted by molar-refractivity contribution is -0.792. The molecule has 0 aromatic carbocycles. The molecule has 6 heteroatoms. The summed E-state index contributed by atoms with van der Waals surface area (Å²) < 4.78 is 9.36. The summed E-state index contributed by atoms with van der Waals surface area (Å²) in [6.07, 6.45) is 1.03. The van der Waals surface area contributed by atoms with Crippen LogP contribution in [0.4, 0.5) is 0 Å². The lowest BCUT2D eigenvalue weighted by atomic mass is 10.4. The van der Waals surface area contributed by atoms with Gasteiger partial charge in [0.2, 0.25) is 12.1 Å². The van der Waals surface area contributed by atoms with Crippen LogP contribution in [-0.2, 0) is 19.1 Å². The van der Waals surface area contributed by atoms with Crippen molar-refractivity contribution >= 4 is 11.9 Å². The molecule has 2 saturated heterocycles. The van der Waals surface area contributed by atoms with Crippen molar-refractivity contribution in [2.75, 3.05) is 40.4 Å². The zero-order valence-electron chi connectivity index (χ0n) is 10.3. The Kier molecular flexibility index (Phi) is 3.63. The normalized spacial score (nSPS) is 34.0. The van der Waals surface area contributed by atoms with Crippen LogP contribution >= 0.6 is 0 Å². The van der Waals surface area contributed by atoms with Crippen LogP contribution in [0.3, 0.4) is 0 Å². The van der Waals surface area contributed by atoms with E-state index in [0.717, 1.165) is 32.6 Å². The number of quaternary nitrogens is 2. The molecule has 6 nitrogen and oxygen atoms in total. The van der Waals surface area contributed by atoms with Crippen molar-refractivity contribution in [1.29, 1.82) is 0 Å². The number of hydrogen-bond donors (Lipinski definition) is 2. The van der Waals surface area contributed by atoms with Crippen LogP contribution in [-0.4, -0.2) is 64.4 Å². The van der Waals surface area contributed by atoms with Gasteiger partial charge in [0.25, 0.3) is 0 Å². The Hall–Kier alpha value is -1.14. The van der Waals surface area contributed by atoms with Gasteiger partial charge in [-0.25, -0.2) is 9.59 Å². The minimum absolute atomic E-state index is 0.0561. The highest BCUT2D eigenvalue weighted by Crippen LogP contribution is 1.94. The van der Waals surface area contributed by atoms with E-state index in [-0.39, 0.29) is 24.0 Å². The lowest BCUT2D eigenvalue weighted by Gasteiger charge is -2.00. The van der Waals surface area contributed by atoms with Crippen LogP contribution < -0.4 is 9.80 Å². The number of nitrogens with one attached hydrogen (secondary N) is 2. The Labute approximate surface area is 100 Å². The number of esters is 2. The van der Waals surface area contributed by atoms with Crippen molar-refractivity contribution in [2.45, 2.75) is 18.5 Å². The Morgan fingerprint density at radius 1 is 1.00 bits per heavy atom. The van der Waals surface area contributed by atoms with Crippen LogP contribution in [0.2, 0.25) is 0 Å². The second-order valence-corrected chi connectivity index (χ2v) is 4.73. The van der Waals surface area contributed by atoms with Crippen LogP contribution in [0, 0.1) is 0 Å². The van der Waals surface area contributed by atoms with E-state index >= 15 is 0 Å². The van der Waals surface area contributed by atoms with Gasteiger partial charge in [0.1, 0.15) is 13.1 Å². The highest BCUT2D eigenvalue weighted by Gasteiger charge is 2.49. The van der Waals surface area contributed by atoms with E-state index in [1.807, 2.05) is 0 Å². The van der Waals surface area contributed by atoms with Crippen LogP contribution in [0.15, 0.2) is 0 Å². The number of hydrogen-bond acceptors (Lipinski definition) is 4. The quantitative estimate of drug-likeness (QED) is 0.372. The fourth-order valence-corrected chi connectivity index (χ4v) is 2.29. The molecule has 0 aromatic rings. The first-order valence-corrected chi connectivity index (χ1v) is 6.02. The summed E-state index contributed by atoms with van der Waals surface area (Å²) in [5.74, 6) is -0.210. The van der Waals surface area contributed by atoms with Gasteiger partial charge in [0.15, 0.2) is 0 Å². The van der Waals surface area contributed by atoms with E-state index in [4.69, 9.17) is 0 Å². The van der Waals surface area contributed by atoms with Gasteiger partial charge in [-0.3, -0.25) is 0 Å². The summed E-state index contributed by atoms with van der Waals surface area (Å²) in [5, 5.41) is 0. The number of ether oxygens (including phenoxy) is 2. The van der Waals surface area contributed by atoms with E-state index in [1.165, 1.54) is 24.0 Å². The fourth-order valence-electron chi connectivity index (χ4n) is 2.29. The van der Waals surface area contributed by atoms with Gasteiger partial charge in [-0.05, 0) is 0 Å². The second-order valence-electron chi connectivity index (χ2n) is 4.73. The lowest BCUT2D eigenvalue weighted by Crippen LogP contribution is -2.99. The fraction of sp³-hybridized carbons (Fsp3) is 0.818. The maximum atomic E-state index is 11.2. The van der Waals surface area contributed by atoms with Gasteiger partial charge in [-0.15, -0.1) is 0 Å². The minimum Gasteiger partial charge on any atom is -0.464 e. The Bertz CT molecular complexity index is 291. The van der Waals surface area contributed by atoms with Crippen molar-refractivity contribution in [1.82, 2.24) is 0 Å². The van der Waals surface area contributed by atoms with Crippen LogP contribution in [0.5, 0.6) is 0 Å².